The van der Waals surface area contributed by atoms with Gasteiger partial charge in [0, 0.05) is 42.4 Å². The maximum absolute atomic E-state index is 14.3. The first-order chi connectivity index (χ1) is 21.0. The van der Waals surface area contributed by atoms with Crippen LogP contribution in [0.2, 0.25) is 0 Å². The van der Waals surface area contributed by atoms with Crippen molar-refractivity contribution in [3.8, 4) is 17.1 Å². The van der Waals surface area contributed by atoms with Crippen LogP contribution >= 0.6 is 12.4 Å². The number of aromatic nitrogens is 2. The number of nitrogens with one attached hydrogen (secondary N) is 1. The summed E-state index contributed by atoms with van der Waals surface area (Å²) in [5.41, 5.74) is 3.72. The molecule has 1 fully saturated rings. The summed E-state index contributed by atoms with van der Waals surface area (Å²) in [6.45, 7) is 9.33. The van der Waals surface area contributed by atoms with Crippen molar-refractivity contribution in [1.82, 2.24) is 19.8 Å². The summed E-state index contributed by atoms with van der Waals surface area (Å²) in [4.78, 5) is 27.5. The fraction of sp³-hybridized carbons (Fsp3) is 0.485. The number of halogens is 1. The molecule has 0 radical (unpaired) electrons. The average Bonchev–Trinajstić information content (AvgIpc) is 2.94. The molecule has 3 aromatic rings. The SMILES string of the molecule is Cc1cccc(C)c1-c1cc2nc(n1)NS(=O)(=O)c1cccc(c1)C(=O)N(C1CC(N(C)CCCO)C1)[C@H](CC(C)C)CO2.Cl. The molecule has 12 heteroatoms. The van der Waals surface area contributed by atoms with Gasteiger partial charge in [-0.3, -0.25) is 4.79 Å². The van der Waals surface area contributed by atoms with E-state index < -0.39 is 10.0 Å². The number of aliphatic hydroxyl groups excluding tert-OH is 1. The number of rotatable bonds is 8. The predicted octanol–water partition coefficient (Wildman–Crippen LogP) is 5.08. The number of sulfonamides is 1. The largest absolute Gasteiger partial charge is 0.475 e. The van der Waals surface area contributed by atoms with Crippen LogP contribution < -0.4 is 9.46 Å². The second-order valence-electron chi connectivity index (χ2n) is 12.5. The third-order valence-electron chi connectivity index (χ3n) is 8.63. The molecule has 0 saturated heterocycles. The molecule has 2 N–H and O–H groups in total. The molecule has 1 aromatic heterocycles. The fourth-order valence-corrected chi connectivity index (χ4v) is 7.27. The van der Waals surface area contributed by atoms with Crippen molar-refractivity contribution < 1.29 is 23.1 Å². The van der Waals surface area contributed by atoms with E-state index in [4.69, 9.17) is 4.74 Å². The molecule has 10 nitrogen and oxygen atoms in total. The zero-order valence-corrected chi connectivity index (χ0v) is 28.2. The number of aryl methyl sites for hydroxylation is 2. The molecule has 1 atom stereocenters. The molecule has 244 valence electrons. The molecule has 0 unspecified atom stereocenters. The lowest BCUT2D eigenvalue weighted by Gasteiger charge is -2.49. The van der Waals surface area contributed by atoms with E-state index in [9.17, 15) is 18.3 Å². The summed E-state index contributed by atoms with van der Waals surface area (Å²) in [6, 6.07) is 13.8. The van der Waals surface area contributed by atoms with Crippen molar-refractivity contribution in [2.24, 2.45) is 5.92 Å². The van der Waals surface area contributed by atoms with Gasteiger partial charge in [0.05, 0.1) is 16.6 Å². The quantitative estimate of drug-likeness (QED) is 0.344. The predicted molar refractivity (Wildman–Crippen MR) is 177 cm³/mol. The molecule has 45 heavy (non-hydrogen) atoms. The Morgan fingerprint density at radius 1 is 1.09 bits per heavy atom. The number of carbonyl (C=O) groups excluding carboxylic acids is 1. The van der Waals surface area contributed by atoms with Gasteiger partial charge in [-0.15, -0.1) is 12.4 Å². The van der Waals surface area contributed by atoms with Gasteiger partial charge < -0.3 is 19.6 Å². The topological polar surface area (TPSA) is 125 Å². The number of aliphatic hydroxyl groups is 1. The summed E-state index contributed by atoms with van der Waals surface area (Å²) in [6.07, 6.45) is 2.97. The Bertz CT molecular complexity index is 1590. The summed E-state index contributed by atoms with van der Waals surface area (Å²) in [5.74, 6) is 0.196. The van der Waals surface area contributed by atoms with Crippen LogP contribution in [-0.2, 0) is 10.0 Å². The van der Waals surface area contributed by atoms with Crippen molar-refractivity contribution in [2.45, 2.75) is 76.4 Å². The third-order valence-corrected chi connectivity index (χ3v) is 9.95. The van der Waals surface area contributed by atoms with Crippen LogP contribution in [-0.4, -0.2) is 84.1 Å². The molecule has 1 saturated carbocycles. The minimum absolute atomic E-state index is 0. The lowest BCUT2D eigenvalue weighted by Crippen LogP contribution is -2.59. The molecule has 5 rings (SSSR count). The van der Waals surface area contributed by atoms with Gasteiger partial charge in [-0.1, -0.05) is 38.1 Å². The van der Waals surface area contributed by atoms with Gasteiger partial charge in [0.1, 0.15) is 6.61 Å². The minimum Gasteiger partial charge on any atom is -0.475 e. The molecule has 4 bridgehead atoms. The molecular weight excluding hydrogens is 614 g/mol. The highest BCUT2D eigenvalue weighted by atomic mass is 35.5. The van der Waals surface area contributed by atoms with Gasteiger partial charge >= 0.3 is 0 Å². The van der Waals surface area contributed by atoms with E-state index in [0.717, 1.165) is 36.1 Å². The Morgan fingerprint density at radius 2 is 1.78 bits per heavy atom. The number of carbonyl (C=O) groups is 1. The van der Waals surface area contributed by atoms with Gasteiger partial charge in [0.2, 0.25) is 11.8 Å². The number of amides is 1. The second-order valence-corrected chi connectivity index (χ2v) is 14.1. The maximum atomic E-state index is 14.3. The molecule has 1 aliphatic carbocycles. The van der Waals surface area contributed by atoms with Gasteiger partial charge in [-0.05, 0) is 81.8 Å². The van der Waals surface area contributed by atoms with Gasteiger partial charge in [-0.2, -0.15) is 4.98 Å². The van der Waals surface area contributed by atoms with Crippen LogP contribution in [0, 0.1) is 19.8 Å². The maximum Gasteiger partial charge on any atom is 0.264 e. The molecule has 1 amide bonds. The molecule has 2 aromatic carbocycles. The zero-order valence-electron chi connectivity index (χ0n) is 26.6. The van der Waals surface area contributed by atoms with Crippen LogP contribution in [0.4, 0.5) is 5.95 Å². The number of ether oxygens (including phenoxy) is 1. The summed E-state index contributed by atoms with van der Waals surface area (Å²) >= 11 is 0. The first-order valence-corrected chi connectivity index (χ1v) is 16.8. The van der Waals surface area contributed by atoms with Crippen LogP contribution in [0.3, 0.4) is 0 Å². The van der Waals surface area contributed by atoms with Crippen molar-refractivity contribution >= 4 is 34.3 Å². The Labute approximate surface area is 272 Å². The van der Waals surface area contributed by atoms with Crippen LogP contribution in [0.5, 0.6) is 5.88 Å². The first-order valence-electron chi connectivity index (χ1n) is 15.3. The Kier molecular flexibility index (Phi) is 11.1. The van der Waals surface area contributed by atoms with Crippen LogP contribution in [0.15, 0.2) is 53.4 Å². The van der Waals surface area contributed by atoms with Gasteiger partial charge in [0.25, 0.3) is 15.9 Å². The minimum atomic E-state index is -4.12. The molecule has 1 aliphatic heterocycles. The highest BCUT2D eigenvalue weighted by molar-refractivity contribution is 7.92. The fourth-order valence-electron chi connectivity index (χ4n) is 6.28. The monoisotopic (exact) mass is 657 g/mol. The molecule has 2 heterocycles. The lowest BCUT2D eigenvalue weighted by molar-refractivity contribution is 0.00188. The van der Waals surface area contributed by atoms with E-state index in [0.29, 0.717) is 30.1 Å². The van der Waals surface area contributed by atoms with Crippen molar-refractivity contribution in [3.63, 3.8) is 0 Å². The summed E-state index contributed by atoms with van der Waals surface area (Å²) < 4.78 is 36.0. The Hall–Kier alpha value is -3.25. The van der Waals surface area contributed by atoms with E-state index in [1.54, 1.807) is 18.2 Å². The summed E-state index contributed by atoms with van der Waals surface area (Å²) in [7, 11) is -2.07. The number of hydrogen-bond acceptors (Lipinski definition) is 8. The number of benzene rings is 2. The van der Waals surface area contributed by atoms with Gasteiger partial charge in [-0.25, -0.2) is 18.1 Å². The standard InChI is InChI=1S/C33H43N5O5S.ClH/c1-21(2)15-27-20-43-30-19-29(31-22(3)9-6-10-23(31)4)34-33(35-30)36-44(41,42)28-12-7-11-24(16-28)32(40)38(27)26-17-25(18-26)37(5)13-8-14-39;/h6-7,9-12,16,19,21,25-27,39H,8,13-15,17-18,20H2,1-5H3,(H,34,35,36);1H/t25?,26?,27-;/m1./s1. The Morgan fingerprint density at radius 3 is 2.44 bits per heavy atom. The van der Waals surface area contributed by atoms with Crippen LogP contribution in [0.25, 0.3) is 11.3 Å². The molecule has 0 spiro atoms. The first kappa shape index (κ1) is 34.6. The Balaban J connectivity index is 0.00000461. The van der Waals surface area contributed by atoms with E-state index in [1.165, 1.54) is 12.1 Å². The molecular formula is C33H44ClN5O5S. The lowest BCUT2D eigenvalue weighted by atomic mass is 9.82. The zero-order chi connectivity index (χ0) is 31.6. The van der Waals surface area contributed by atoms with Crippen molar-refractivity contribution in [1.29, 1.82) is 0 Å². The van der Waals surface area contributed by atoms with E-state index in [-0.39, 0.29) is 66.3 Å². The number of nitrogens with zero attached hydrogens (tertiary/aromatic N) is 4. The third kappa shape index (κ3) is 7.77. The van der Waals surface area contributed by atoms with Crippen molar-refractivity contribution in [3.05, 3.63) is 65.2 Å². The second kappa shape index (κ2) is 14.5. The number of hydrogen-bond donors (Lipinski definition) is 2. The highest BCUT2D eigenvalue weighted by Gasteiger charge is 2.42. The number of anilines is 1. The smallest absolute Gasteiger partial charge is 0.264 e. The van der Waals surface area contributed by atoms with Crippen molar-refractivity contribution in [2.75, 3.05) is 31.5 Å². The average molecular weight is 658 g/mol. The van der Waals surface area contributed by atoms with Crippen LogP contribution in [0.1, 0.15) is 61.0 Å². The van der Waals surface area contributed by atoms with E-state index >= 15 is 0 Å². The van der Waals surface area contributed by atoms with E-state index in [2.05, 4.69) is 40.5 Å². The normalized spacial score (nSPS) is 21.0. The van der Waals surface area contributed by atoms with Gasteiger partial charge in [0.15, 0.2) is 0 Å². The van der Waals surface area contributed by atoms with E-state index in [1.807, 2.05) is 36.9 Å². The summed E-state index contributed by atoms with van der Waals surface area (Å²) in [5, 5.41) is 9.28. The highest BCUT2D eigenvalue weighted by Crippen LogP contribution is 2.35. The number of fused-ring (bicyclic) bond motifs is 4. The molecule has 2 aliphatic rings.